The van der Waals surface area contributed by atoms with Crippen LogP contribution in [0.1, 0.15) is 63.4 Å². The number of ether oxygens (including phenoxy) is 3. The number of hydrogen-bond acceptors (Lipinski definition) is 6. The number of Topliss-reactive ketones (excluding diaryl/α,β-unsaturated/α-hetero) is 1. The molecule has 1 heterocycles. The van der Waals surface area contributed by atoms with E-state index in [1.54, 1.807) is 20.3 Å². The number of allylic oxidation sites excluding steroid dienone is 2. The van der Waals surface area contributed by atoms with Gasteiger partial charge in [0.05, 0.1) is 14.2 Å². The Morgan fingerprint density at radius 1 is 1.07 bits per heavy atom. The van der Waals surface area contributed by atoms with Crippen molar-refractivity contribution < 1.29 is 23.8 Å². The van der Waals surface area contributed by atoms with E-state index in [1.807, 2.05) is 19.1 Å². The summed E-state index contributed by atoms with van der Waals surface area (Å²) in [6.07, 6.45) is 5.94. The van der Waals surface area contributed by atoms with Crippen LogP contribution < -0.4 is 9.47 Å². The van der Waals surface area contributed by atoms with Crippen LogP contribution in [0.15, 0.2) is 34.5 Å². The largest absolute Gasteiger partial charge is 0.497 e. The van der Waals surface area contributed by atoms with Crippen molar-refractivity contribution in [3.63, 3.8) is 0 Å². The van der Waals surface area contributed by atoms with E-state index in [4.69, 9.17) is 19.2 Å². The van der Waals surface area contributed by atoms with Crippen LogP contribution in [0.3, 0.4) is 0 Å². The molecule has 1 fully saturated rings. The summed E-state index contributed by atoms with van der Waals surface area (Å²) in [5, 5.41) is 0. The molecule has 1 saturated carbocycles. The number of methoxy groups -OCH3 is 2. The van der Waals surface area contributed by atoms with Crippen LogP contribution in [-0.2, 0) is 14.3 Å². The lowest BCUT2D eigenvalue weighted by Crippen LogP contribution is -2.38. The molecule has 4 rings (SSSR count). The van der Waals surface area contributed by atoms with Gasteiger partial charge in [0.2, 0.25) is 0 Å². The summed E-state index contributed by atoms with van der Waals surface area (Å²) in [5.74, 6) is -0.0669. The fourth-order valence-corrected chi connectivity index (χ4v) is 4.97. The molecular formula is C24H29NO5. The first-order valence-corrected chi connectivity index (χ1v) is 10.8. The van der Waals surface area contributed by atoms with E-state index in [9.17, 15) is 9.59 Å². The molecule has 0 bridgehead atoms. The summed E-state index contributed by atoms with van der Waals surface area (Å²) in [6, 6.07) is 5.53. The molecule has 0 N–H and O–H groups in total. The van der Waals surface area contributed by atoms with Crippen LogP contribution in [0.25, 0.3) is 0 Å². The van der Waals surface area contributed by atoms with E-state index in [-0.39, 0.29) is 17.9 Å². The van der Waals surface area contributed by atoms with Gasteiger partial charge in [-0.05, 0) is 51.5 Å². The summed E-state index contributed by atoms with van der Waals surface area (Å²) in [4.78, 5) is 31.1. The predicted octanol–water partition coefficient (Wildman–Crippen LogP) is 4.37. The number of ketones is 1. The van der Waals surface area contributed by atoms with Gasteiger partial charge in [-0.25, -0.2) is 0 Å². The Kier molecular flexibility index (Phi) is 5.93. The molecular weight excluding hydrogens is 382 g/mol. The Bertz CT molecular complexity index is 910. The SMILES string of the molecule is COc1ccc([C@H]2C3=C(CCCC3=O)N=C(C)C2C(=O)OC2CCCC2)c(OC)c1. The van der Waals surface area contributed by atoms with Crippen molar-refractivity contribution in [2.75, 3.05) is 14.2 Å². The molecule has 0 saturated heterocycles. The Morgan fingerprint density at radius 2 is 1.83 bits per heavy atom. The summed E-state index contributed by atoms with van der Waals surface area (Å²) in [7, 11) is 3.19. The number of aliphatic imine (C=N–C) groups is 1. The highest BCUT2D eigenvalue weighted by Crippen LogP contribution is 2.47. The smallest absolute Gasteiger partial charge is 0.315 e. The van der Waals surface area contributed by atoms with Crippen molar-refractivity contribution in [2.45, 2.75) is 63.9 Å². The van der Waals surface area contributed by atoms with E-state index in [0.717, 1.165) is 49.8 Å². The molecule has 1 aromatic carbocycles. The van der Waals surface area contributed by atoms with E-state index in [0.29, 0.717) is 29.2 Å². The molecule has 0 aromatic heterocycles. The van der Waals surface area contributed by atoms with Crippen molar-refractivity contribution in [1.29, 1.82) is 0 Å². The van der Waals surface area contributed by atoms with Crippen LogP contribution in [0, 0.1) is 5.92 Å². The number of carbonyl (C=O) groups excluding carboxylic acids is 2. The number of nitrogens with zero attached hydrogens (tertiary/aromatic N) is 1. The van der Waals surface area contributed by atoms with Gasteiger partial charge in [-0.15, -0.1) is 0 Å². The fraction of sp³-hybridized carbons (Fsp3) is 0.542. The molecule has 1 unspecified atom stereocenters. The topological polar surface area (TPSA) is 74.2 Å². The summed E-state index contributed by atoms with van der Waals surface area (Å²) < 4.78 is 16.9. The molecule has 30 heavy (non-hydrogen) atoms. The van der Waals surface area contributed by atoms with Gasteiger partial charge in [0.1, 0.15) is 23.5 Å². The van der Waals surface area contributed by atoms with Gasteiger partial charge in [0.15, 0.2) is 5.78 Å². The lowest BCUT2D eigenvalue weighted by Gasteiger charge is -2.35. The second kappa shape index (κ2) is 8.62. The van der Waals surface area contributed by atoms with Gasteiger partial charge in [0.25, 0.3) is 0 Å². The van der Waals surface area contributed by atoms with Gasteiger partial charge < -0.3 is 14.2 Å². The Morgan fingerprint density at radius 3 is 2.53 bits per heavy atom. The van der Waals surface area contributed by atoms with Crippen molar-refractivity contribution in [3.05, 3.63) is 35.0 Å². The van der Waals surface area contributed by atoms with Gasteiger partial charge in [0, 0.05) is 41.0 Å². The van der Waals surface area contributed by atoms with Crippen molar-refractivity contribution in [2.24, 2.45) is 10.9 Å². The van der Waals surface area contributed by atoms with Crippen molar-refractivity contribution >= 4 is 17.5 Å². The first-order valence-electron chi connectivity index (χ1n) is 10.8. The average Bonchev–Trinajstić information content (AvgIpc) is 3.25. The molecule has 1 aliphatic heterocycles. The van der Waals surface area contributed by atoms with E-state index < -0.39 is 11.8 Å². The zero-order valence-corrected chi connectivity index (χ0v) is 17.9. The number of rotatable bonds is 5. The monoisotopic (exact) mass is 411 g/mol. The second-order valence-corrected chi connectivity index (χ2v) is 8.30. The van der Waals surface area contributed by atoms with Gasteiger partial charge >= 0.3 is 5.97 Å². The van der Waals surface area contributed by atoms with Crippen LogP contribution >= 0.6 is 0 Å². The Labute approximate surface area is 177 Å². The maximum atomic E-state index is 13.3. The van der Waals surface area contributed by atoms with Gasteiger partial charge in [-0.3, -0.25) is 14.6 Å². The maximum absolute atomic E-state index is 13.3. The highest BCUT2D eigenvalue weighted by Gasteiger charge is 2.44. The highest BCUT2D eigenvalue weighted by atomic mass is 16.5. The van der Waals surface area contributed by atoms with Crippen LogP contribution in [0.5, 0.6) is 11.5 Å². The predicted molar refractivity (Wildman–Crippen MR) is 113 cm³/mol. The summed E-state index contributed by atoms with van der Waals surface area (Å²) >= 11 is 0. The zero-order chi connectivity index (χ0) is 21.3. The molecule has 6 heteroatoms. The number of esters is 1. The molecule has 0 radical (unpaired) electrons. The second-order valence-electron chi connectivity index (χ2n) is 8.30. The molecule has 0 amide bonds. The molecule has 0 spiro atoms. The van der Waals surface area contributed by atoms with Gasteiger partial charge in [-0.1, -0.05) is 6.07 Å². The number of benzene rings is 1. The third-order valence-electron chi connectivity index (χ3n) is 6.45. The lowest BCUT2D eigenvalue weighted by atomic mass is 9.71. The standard InChI is InChI=1S/C24H29NO5/c1-14-21(24(27)30-15-7-4-5-8-15)22(23-18(25-14)9-6-10-19(23)26)17-12-11-16(28-2)13-20(17)29-3/h11-13,15,21-22H,4-10H2,1-3H3/t21?,22-/m1/s1. The Hall–Kier alpha value is -2.63. The molecule has 6 nitrogen and oxygen atoms in total. The van der Waals surface area contributed by atoms with Crippen LogP contribution in [0.4, 0.5) is 0 Å². The first kappa shape index (κ1) is 20.6. The minimum Gasteiger partial charge on any atom is -0.497 e. The summed E-state index contributed by atoms with van der Waals surface area (Å²) in [5.41, 5.74) is 2.94. The maximum Gasteiger partial charge on any atom is 0.315 e. The fourth-order valence-electron chi connectivity index (χ4n) is 4.97. The Balaban J connectivity index is 1.80. The minimum absolute atomic E-state index is 0.0406. The average molecular weight is 411 g/mol. The van der Waals surface area contributed by atoms with Crippen LogP contribution in [-0.4, -0.2) is 37.8 Å². The highest BCUT2D eigenvalue weighted by molar-refractivity contribution is 6.09. The van der Waals surface area contributed by atoms with Crippen LogP contribution in [0.2, 0.25) is 0 Å². The molecule has 2 aliphatic carbocycles. The zero-order valence-electron chi connectivity index (χ0n) is 17.9. The molecule has 160 valence electrons. The van der Waals surface area contributed by atoms with E-state index in [1.165, 1.54) is 0 Å². The summed E-state index contributed by atoms with van der Waals surface area (Å²) in [6.45, 7) is 1.87. The minimum atomic E-state index is -0.631. The van der Waals surface area contributed by atoms with E-state index in [2.05, 4.69) is 0 Å². The van der Waals surface area contributed by atoms with Gasteiger partial charge in [-0.2, -0.15) is 0 Å². The molecule has 1 aromatic rings. The van der Waals surface area contributed by atoms with Crippen molar-refractivity contribution in [3.8, 4) is 11.5 Å². The number of hydrogen-bond donors (Lipinski definition) is 0. The normalized spacial score (nSPS) is 24.4. The van der Waals surface area contributed by atoms with E-state index >= 15 is 0 Å². The third kappa shape index (κ3) is 3.75. The third-order valence-corrected chi connectivity index (χ3v) is 6.45. The van der Waals surface area contributed by atoms with Crippen molar-refractivity contribution in [1.82, 2.24) is 0 Å². The number of carbonyl (C=O) groups is 2. The quantitative estimate of drug-likeness (QED) is 0.673. The molecule has 3 aliphatic rings. The molecule has 2 atom stereocenters. The first-order chi connectivity index (χ1) is 14.5. The lowest BCUT2D eigenvalue weighted by molar-refractivity contribution is -0.151.